The van der Waals surface area contributed by atoms with Crippen LogP contribution in [0.3, 0.4) is 0 Å². The van der Waals surface area contributed by atoms with E-state index in [1.807, 2.05) is 36.4 Å². The lowest BCUT2D eigenvalue weighted by molar-refractivity contribution is 0.00497. The first-order valence-electron chi connectivity index (χ1n) is 10.9. The van der Waals surface area contributed by atoms with Crippen molar-refractivity contribution in [2.24, 2.45) is 4.99 Å². The number of thioether (sulfide) groups is 1. The van der Waals surface area contributed by atoms with Gasteiger partial charge in [-0.15, -0.1) is 11.8 Å². The summed E-state index contributed by atoms with van der Waals surface area (Å²) in [5.41, 5.74) is 2.12. The van der Waals surface area contributed by atoms with Gasteiger partial charge < -0.3 is 23.7 Å². The molecule has 0 saturated carbocycles. The van der Waals surface area contributed by atoms with Gasteiger partial charge in [0.05, 0.1) is 57.6 Å². The zero-order valence-electron chi connectivity index (χ0n) is 18.8. The van der Waals surface area contributed by atoms with Gasteiger partial charge in [-0.2, -0.15) is 0 Å². The van der Waals surface area contributed by atoms with E-state index >= 15 is 0 Å². The smallest absolute Gasteiger partial charge is 0.137 e. The number of aliphatic imine (C=N–C) groups is 1. The number of pyridine rings is 1. The van der Waals surface area contributed by atoms with Gasteiger partial charge in [0.2, 0.25) is 0 Å². The molecule has 1 atom stereocenters. The number of aromatic nitrogens is 1. The normalized spacial score (nSPS) is 15.6. The van der Waals surface area contributed by atoms with E-state index < -0.39 is 0 Å². The Morgan fingerprint density at radius 1 is 0.781 bits per heavy atom. The van der Waals surface area contributed by atoms with Gasteiger partial charge in [0.25, 0.3) is 0 Å². The highest BCUT2D eigenvalue weighted by Gasteiger charge is 2.16. The second-order valence-electron chi connectivity index (χ2n) is 7.32. The number of nitrogens with zero attached hydrogens (tertiary/aromatic N) is 2. The first kappa shape index (κ1) is 24.5. The molecule has 1 unspecified atom stereocenters. The fourth-order valence-corrected chi connectivity index (χ4v) is 3.82. The van der Waals surface area contributed by atoms with Crippen LogP contribution in [0.1, 0.15) is 18.2 Å². The SMILES string of the molecule is Cc1ccc(OCCOCCOCCOCCOc2ccc(C3=NC(C)CS3)nc2)cc1. The van der Waals surface area contributed by atoms with Crippen LogP contribution in [-0.4, -0.2) is 74.7 Å². The Labute approximate surface area is 194 Å². The Bertz CT molecular complexity index is 814. The predicted octanol–water partition coefficient (Wildman–Crippen LogP) is 3.78. The van der Waals surface area contributed by atoms with Gasteiger partial charge in [-0.05, 0) is 38.1 Å². The van der Waals surface area contributed by atoms with Crippen molar-refractivity contribution in [1.29, 1.82) is 0 Å². The zero-order valence-corrected chi connectivity index (χ0v) is 19.6. The molecule has 1 aliphatic heterocycles. The zero-order chi connectivity index (χ0) is 22.4. The lowest BCUT2D eigenvalue weighted by Crippen LogP contribution is -2.14. The van der Waals surface area contributed by atoms with Gasteiger partial charge >= 0.3 is 0 Å². The number of rotatable bonds is 15. The number of ether oxygens (including phenoxy) is 5. The molecule has 174 valence electrons. The van der Waals surface area contributed by atoms with Crippen molar-refractivity contribution in [1.82, 2.24) is 4.98 Å². The second-order valence-corrected chi connectivity index (χ2v) is 8.33. The molecule has 1 aromatic carbocycles. The van der Waals surface area contributed by atoms with Crippen molar-refractivity contribution >= 4 is 16.8 Å². The molecular formula is C24H32N2O5S. The molecule has 1 aliphatic rings. The molecule has 0 radical (unpaired) electrons. The molecule has 7 nitrogen and oxygen atoms in total. The van der Waals surface area contributed by atoms with Crippen LogP contribution in [0.2, 0.25) is 0 Å². The maximum atomic E-state index is 5.66. The van der Waals surface area contributed by atoms with Gasteiger partial charge in [0, 0.05) is 5.75 Å². The largest absolute Gasteiger partial charge is 0.491 e. The summed E-state index contributed by atoms with van der Waals surface area (Å²) in [5, 5.41) is 1.01. The molecule has 1 aromatic heterocycles. The van der Waals surface area contributed by atoms with Crippen LogP contribution < -0.4 is 9.47 Å². The van der Waals surface area contributed by atoms with Crippen molar-refractivity contribution < 1.29 is 23.7 Å². The summed E-state index contributed by atoms with van der Waals surface area (Å²) in [6.45, 7) is 8.30. The highest BCUT2D eigenvalue weighted by atomic mass is 32.2. The number of benzene rings is 1. The molecule has 0 bridgehead atoms. The van der Waals surface area contributed by atoms with Crippen LogP contribution in [0.25, 0.3) is 0 Å². The van der Waals surface area contributed by atoms with E-state index in [4.69, 9.17) is 23.7 Å². The van der Waals surface area contributed by atoms with Crippen LogP contribution in [0, 0.1) is 6.92 Å². The van der Waals surface area contributed by atoms with E-state index in [2.05, 4.69) is 23.8 Å². The quantitative estimate of drug-likeness (QED) is 0.375. The van der Waals surface area contributed by atoms with Crippen LogP contribution in [0.4, 0.5) is 0 Å². The molecule has 0 aliphatic carbocycles. The Kier molecular flexibility index (Phi) is 10.8. The fraction of sp³-hybridized carbons (Fsp3) is 0.500. The van der Waals surface area contributed by atoms with Crippen molar-refractivity contribution in [3.05, 3.63) is 53.9 Å². The molecular weight excluding hydrogens is 428 g/mol. The molecule has 2 heterocycles. The Hall–Kier alpha value is -2.13. The fourth-order valence-electron chi connectivity index (χ4n) is 2.82. The third-order valence-corrected chi connectivity index (χ3v) is 5.75. The first-order chi connectivity index (χ1) is 15.7. The lowest BCUT2D eigenvalue weighted by Gasteiger charge is -2.09. The molecule has 2 aromatic rings. The number of hydrogen-bond acceptors (Lipinski definition) is 8. The Morgan fingerprint density at radius 3 is 1.88 bits per heavy atom. The van der Waals surface area contributed by atoms with Crippen molar-refractivity contribution in [3.8, 4) is 11.5 Å². The van der Waals surface area contributed by atoms with Crippen LogP contribution in [0.5, 0.6) is 11.5 Å². The summed E-state index contributed by atoms with van der Waals surface area (Å²) >= 11 is 1.75. The molecule has 0 spiro atoms. The van der Waals surface area contributed by atoms with Crippen LogP contribution >= 0.6 is 11.8 Å². The van der Waals surface area contributed by atoms with Crippen molar-refractivity contribution in [2.45, 2.75) is 19.9 Å². The first-order valence-corrected chi connectivity index (χ1v) is 11.9. The van der Waals surface area contributed by atoms with Crippen molar-refractivity contribution in [3.63, 3.8) is 0 Å². The number of aryl methyl sites for hydroxylation is 1. The van der Waals surface area contributed by atoms with Gasteiger partial charge in [0.1, 0.15) is 29.8 Å². The molecule has 8 heteroatoms. The predicted molar refractivity (Wildman–Crippen MR) is 127 cm³/mol. The van der Waals surface area contributed by atoms with Gasteiger partial charge in [-0.1, -0.05) is 17.7 Å². The molecule has 0 saturated heterocycles. The summed E-state index contributed by atoms with van der Waals surface area (Å²) in [6, 6.07) is 12.2. The molecule has 0 N–H and O–H groups in total. The maximum Gasteiger partial charge on any atom is 0.137 e. The van der Waals surface area contributed by atoms with E-state index in [0.29, 0.717) is 58.9 Å². The van der Waals surface area contributed by atoms with Gasteiger partial charge in [-0.25, -0.2) is 0 Å². The van der Waals surface area contributed by atoms with Crippen molar-refractivity contribution in [2.75, 3.05) is 58.6 Å². The molecule has 0 fully saturated rings. The lowest BCUT2D eigenvalue weighted by atomic mass is 10.2. The molecule has 32 heavy (non-hydrogen) atoms. The number of hydrogen-bond donors (Lipinski definition) is 0. The highest BCUT2D eigenvalue weighted by molar-refractivity contribution is 8.14. The van der Waals surface area contributed by atoms with E-state index in [1.165, 1.54) is 5.56 Å². The molecule has 0 amide bonds. The van der Waals surface area contributed by atoms with Crippen LogP contribution in [0.15, 0.2) is 47.6 Å². The Morgan fingerprint density at radius 2 is 1.34 bits per heavy atom. The third-order valence-electron chi connectivity index (χ3n) is 4.51. The summed E-state index contributed by atoms with van der Waals surface area (Å²) in [5.74, 6) is 2.61. The minimum Gasteiger partial charge on any atom is -0.491 e. The van der Waals surface area contributed by atoms with Gasteiger partial charge in [0.15, 0.2) is 0 Å². The average molecular weight is 461 g/mol. The summed E-state index contributed by atoms with van der Waals surface area (Å²) < 4.78 is 27.8. The topological polar surface area (TPSA) is 71.4 Å². The average Bonchev–Trinajstić information content (AvgIpc) is 3.25. The second kappa shape index (κ2) is 14.1. The maximum absolute atomic E-state index is 5.66. The Balaban J connectivity index is 1.11. The summed E-state index contributed by atoms with van der Waals surface area (Å²) in [4.78, 5) is 9.00. The third kappa shape index (κ3) is 9.16. The van der Waals surface area contributed by atoms with Gasteiger partial charge in [-0.3, -0.25) is 9.98 Å². The molecule has 3 rings (SSSR count). The van der Waals surface area contributed by atoms with E-state index in [1.54, 1.807) is 18.0 Å². The van der Waals surface area contributed by atoms with E-state index in [0.717, 1.165) is 28.0 Å². The highest BCUT2D eigenvalue weighted by Crippen LogP contribution is 2.22. The minimum absolute atomic E-state index is 0.366. The summed E-state index contributed by atoms with van der Waals surface area (Å²) in [7, 11) is 0. The monoisotopic (exact) mass is 460 g/mol. The standard InChI is InChI=1S/C24H32N2O5S/c1-19-3-5-21(6-4-19)30-15-13-28-11-9-27-10-12-29-14-16-31-22-7-8-23(25-17-22)24-26-20(2)18-32-24/h3-8,17,20H,9-16,18H2,1-2H3. The van der Waals surface area contributed by atoms with E-state index in [9.17, 15) is 0 Å². The minimum atomic E-state index is 0.366. The van der Waals surface area contributed by atoms with E-state index in [-0.39, 0.29) is 0 Å². The summed E-state index contributed by atoms with van der Waals surface area (Å²) in [6.07, 6.45) is 1.73. The van der Waals surface area contributed by atoms with Crippen LogP contribution in [-0.2, 0) is 14.2 Å².